The molecule has 31 heavy (non-hydrogen) atoms. The van der Waals surface area contributed by atoms with Gasteiger partial charge in [0.05, 0.1) is 17.9 Å². The number of carbonyl (C=O) groups is 3. The van der Waals surface area contributed by atoms with Crippen molar-refractivity contribution in [3.05, 3.63) is 70.2 Å². The van der Waals surface area contributed by atoms with Crippen LogP contribution >= 0.6 is 15.9 Å². The molecule has 0 saturated carbocycles. The minimum atomic E-state index is -0.715. The largest absolute Gasteiger partial charge is 0.352 e. The monoisotopic (exact) mass is 478 g/mol. The number of ketones is 1. The number of hydrogen-bond donors (Lipinski definition) is 0. The summed E-state index contributed by atoms with van der Waals surface area (Å²) in [4.78, 5) is 44.2. The van der Waals surface area contributed by atoms with Gasteiger partial charge in [-0.3, -0.25) is 19.3 Å². The minimum absolute atomic E-state index is 0.116. The van der Waals surface area contributed by atoms with Crippen LogP contribution in [0.5, 0.6) is 0 Å². The van der Waals surface area contributed by atoms with Crippen molar-refractivity contribution in [2.24, 2.45) is 11.8 Å². The first-order valence-corrected chi connectivity index (χ1v) is 11.5. The molecule has 2 aromatic carbocycles. The molecular formula is C25H23BrN2O3. The Kier molecular flexibility index (Phi) is 4.85. The zero-order chi connectivity index (χ0) is 21.9. The van der Waals surface area contributed by atoms with Crippen LogP contribution in [-0.4, -0.2) is 40.6 Å². The highest BCUT2D eigenvalue weighted by molar-refractivity contribution is 9.10. The number of fused-ring (bicyclic) bond motifs is 5. The van der Waals surface area contributed by atoms with E-state index in [2.05, 4.69) is 15.9 Å². The van der Waals surface area contributed by atoms with Crippen LogP contribution in [0.2, 0.25) is 0 Å². The Hall–Kier alpha value is -2.73. The van der Waals surface area contributed by atoms with E-state index >= 15 is 0 Å². The summed E-state index contributed by atoms with van der Waals surface area (Å²) in [6.45, 7) is 3.86. The van der Waals surface area contributed by atoms with E-state index in [9.17, 15) is 14.4 Å². The highest BCUT2D eigenvalue weighted by Gasteiger charge is 2.64. The molecule has 5 nitrogen and oxygen atoms in total. The van der Waals surface area contributed by atoms with Gasteiger partial charge in [-0.05, 0) is 37.1 Å². The first-order chi connectivity index (χ1) is 14.9. The van der Waals surface area contributed by atoms with Gasteiger partial charge in [-0.25, -0.2) is 0 Å². The van der Waals surface area contributed by atoms with Gasteiger partial charge in [0.1, 0.15) is 6.04 Å². The SMILES string of the molecule is CC[C@H](C)N1C(=O)[C@@H]2[C@@H](C1=O)[C@H](C(=O)c1ccccc1)N1c3ccc(Br)cc3C=C[C@H]21. The third-order valence-corrected chi connectivity index (χ3v) is 7.35. The number of rotatable bonds is 4. The van der Waals surface area contributed by atoms with Crippen LogP contribution < -0.4 is 4.90 Å². The molecule has 3 aliphatic rings. The average molecular weight is 479 g/mol. The summed E-state index contributed by atoms with van der Waals surface area (Å²) in [5.41, 5.74) is 2.41. The highest BCUT2D eigenvalue weighted by Crippen LogP contribution is 2.49. The summed E-state index contributed by atoms with van der Waals surface area (Å²) in [5, 5.41) is 0. The van der Waals surface area contributed by atoms with Gasteiger partial charge in [-0.1, -0.05) is 65.3 Å². The maximum Gasteiger partial charge on any atom is 0.236 e. The number of likely N-dealkylation sites (tertiary alicyclic amines) is 1. The van der Waals surface area contributed by atoms with Gasteiger partial charge in [-0.2, -0.15) is 0 Å². The van der Waals surface area contributed by atoms with E-state index in [1.165, 1.54) is 4.90 Å². The summed E-state index contributed by atoms with van der Waals surface area (Å²) in [5.74, 6) is -1.73. The summed E-state index contributed by atoms with van der Waals surface area (Å²) >= 11 is 3.51. The van der Waals surface area contributed by atoms with Crippen LogP contribution in [0, 0.1) is 11.8 Å². The van der Waals surface area contributed by atoms with Crippen LogP contribution in [0.1, 0.15) is 36.2 Å². The number of amides is 2. The van der Waals surface area contributed by atoms with E-state index in [4.69, 9.17) is 0 Å². The topological polar surface area (TPSA) is 57.7 Å². The Balaban J connectivity index is 1.66. The van der Waals surface area contributed by atoms with Crippen LogP contribution in [0.4, 0.5) is 5.69 Å². The van der Waals surface area contributed by atoms with E-state index in [-0.39, 0.29) is 29.7 Å². The Labute approximate surface area is 189 Å². The van der Waals surface area contributed by atoms with Gasteiger partial charge in [0.25, 0.3) is 0 Å². The molecule has 3 heterocycles. The summed E-state index contributed by atoms with van der Waals surface area (Å²) < 4.78 is 0.940. The maximum absolute atomic E-state index is 13.8. The molecule has 2 amide bonds. The fraction of sp³-hybridized carbons (Fsp3) is 0.320. The molecule has 0 aromatic heterocycles. The average Bonchev–Trinajstić information content (AvgIpc) is 3.26. The van der Waals surface area contributed by atoms with Crippen LogP contribution in [0.25, 0.3) is 6.08 Å². The van der Waals surface area contributed by atoms with Gasteiger partial charge >= 0.3 is 0 Å². The number of hydrogen-bond acceptors (Lipinski definition) is 4. The van der Waals surface area contributed by atoms with Crippen molar-refractivity contribution < 1.29 is 14.4 Å². The van der Waals surface area contributed by atoms with Gasteiger partial charge in [0, 0.05) is 21.8 Å². The van der Waals surface area contributed by atoms with Crippen molar-refractivity contribution in [2.45, 2.75) is 38.4 Å². The van der Waals surface area contributed by atoms with Crippen molar-refractivity contribution in [1.29, 1.82) is 0 Å². The third kappa shape index (κ3) is 2.92. The molecule has 5 rings (SSSR count). The highest BCUT2D eigenvalue weighted by atomic mass is 79.9. The van der Waals surface area contributed by atoms with E-state index in [1.807, 2.05) is 67.3 Å². The fourth-order valence-corrected chi connectivity index (χ4v) is 5.64. The van der Waals surface area contributed by atoms with Crippen molar-refractivity contribution in [3.8, 4) is 0 Å². The second kappa shape index (κ2) is 7.45. The molecular weight excluding hydrogens is 456 g/mol. The molecule has 2 aromatic rings. The van der Waals surface area contributed by atoms with E-state index in [0.29, 0.717) is 12.0 Å². The molecule has 0 unspecified atom stereocenters. The van der Waals surface area contributed by atoms with E-state index in [1.54, 1.807) is 12.1 Å². The van der Waals surface area contributed by atoms with Gasteiger partial charge in [0.2, 0.25) is 11.8 Å². The Bertz CT molecular complexity index is 1110. The van der Waals surface area contributed by atoms with Gasteiger partial charge in [-0.15, -0.1) is 0 Å². The predicted octanol–water partition coefficient (Wildman–Crippen LogP) is 4.32. The van der Waals surface area contributed by atoms with Crippen LogP contribution in [-0.2, 0) is 9.59 Å². The lowest BCUT2D eigenvalue weighted by Crippen LogP contribution is -2.50. The standard InChI is InChI=1S/C25H23BrN2O3/c1-3-14(2)27-24(30)20-19-11-9-16-13-17(26)10-12-18(16)28(19)22(21(20)25(27)31)23(29)15-7-5-4-6-8-15/h4-14,19-22H,3H2,1-2H3/t14-,19+,20-,21+,22+/m0/s1. The minimum Gasteiger partial charge on any atom is -0.352 e. The van der Waals surface area contributed by atoms with Crippen molar-refractivity contribution >= 4 is 45.3 Å². The number of carbonyl (C=O) groups excluding carboxylic acids is 3. The molecule has 5 atom stereocenters. The molecule has 0 N–H and O–H groups in total. The normalized spacial score (nSPS) is 27.2. The van der Waals surface area contributed by atoms with Crippen molar-refractivity contribution in [1.82, 2.24) is 4.90 Å². The van der Waals surface area contributed by atoms with E-state index in [0.717, 1.165) is 15.7 Å². The lowest BCUT2D eigenvalue weighted by atomic mass is 9.86. The summed E-state index contributed by atoms with van der Waals surface area (Å²) in [6.07, 6.45) is 4.67. The smallest absolute Gasteiger partial charge is 0.236 e. The lowest BCUT2D eigenvalue weighted by Gasteiger charge is -2.37. The molecule has 0 aliphatic carbocycles. The van der Waals surface area contributed by atoms with E-state index < -0.39 is 17.9 Å². The van der Waals surface area contributed by atoms with Crippen molar-refractivity contribution in [3.63, 3.8) is 0 Å². The second-order valence-electron chi connectivity index (χ2n) is 8.49. The Morgan fingerprint density at radius 2 is 1.77 bits per heavy atom. The first-order valence-electron chi connectivity index (χ1n) is 10.7. The number of anilines is 1. The van der Waals surface area contributed by atoms with Gasteiger partial charge in [0.15, 0.2) is 5.78 Å². The summed E-state index contributed by atoms with van der Waals surface area (Å²) in [6, 6.07) is 13.7. The predicted molar refractivity (Wildman–Crippen MR) is 123 cm³/mol. The molecule has 0 spiro atoms. The number of Topliss-reactive ketones (excluding diaryl/α,β-unsaturated/α-hetero) is 1. The quantitative estimate of drug-likeness (QED) is 0.485. The van der Waals surface area contributed by atoms with Crippen LogP contribution in [0.15, 0.2) is 59.1 Å². The zero-order valence-corrected chi connectivity index (χ0v) is 19.0. The molecule has 158 valence electrons. The molecule has 2 saturated heterocycles. The van der Waals surface area contributed by atoms with Crippen LogP contribution in [0.3, 0.4) is 0 Å². The van der Waals surface area contributed by atoms with Crippen molar-refractivity contribution in [2.75, 3.05) is 4.90 Å². The molecule has 3 aliphatic heterocycles. The molecule has 6 heteroatoms. The number of halogens is 1. The molecule has 0 bridgehead atoms. The first kappa shape index (κ1) is 20.2. The Morgan fingerprint density at radius 3 is 2.48 bits per heavy atom. The molecule has 2 fully saturated rings. The molecule has 0 radical (unpaired) electrons. The fourth-order valence-electron chi connectivity index (χ4n) is 5.26. The third-order valence-electron chi connectivity index (χ3n) is 6.86. The summed E-state index contributed by atoms with van der Waals surface area (Å²) in [7, 11) is 0. The number of nitrogens with zero attached hydrogens (tertiary/aromatic N) is 2. The lowest BCUT2D eigenvalue weighted by molar-refractivity contribution is -0.142. The zero-order valence-electron chi connectivity index (χ0n) is 17.4. The maximum atomic E-state index is 13.8. The van der Waals surface area contributed by atoms with Gasteiger partial charge < -0.3 is 4.90 Å². The Morgan fingerprint density at radius 1 is 1.06 bits per heavy atom. The number of imide groups is 1. The number of benzene rings is 2. The second-order valence-corrected chi connectivity index (χ2v) is 9.41.